The Balaban J connectivity index is 1.86. The molecular weight excluding hydrogens is 342 g/mol. The highest BCUT2D eigenvalue weighted by Gasteiger charge is 2.80. The van der Waals surface area contributed by atoms with Crippen LogP contribution >= 0.6 is 0 Å². The number of anilines is 1. The SMILES string of the molecule is CO[C@]1(C)C[C@]2(C(=O)N3CCN(C)CC3)C(=O)N(C)c3ccccc3[C@@]21C. The lowest BCUT2D eigenvalue weighted by atomic mass is 9.38. The van der Waals surface area contributed by atoms with E-state index in [-0.39, 0.29) is 11.8 Å². The number of hydrogen-bond acceptors (Lipinski definition) is 4. The molecule has 0 aromatic heterocycles. The third-order valence-corrected chi connectivity index (χ3v) is 7.59. The molecular formula is C21H29N3O3. The van der Waals surface area contributed by atoms with Crippen LogP contribution in [0.5, 0.6) is 0 Å². The average molecular weight is 371 g/mol. The molecule has 3 aliphatic rings. The fourth-order valence-corrected chi connectivity index (χ4v) is 5.53. The third-order valence-electron chi connectivity index (χ3n) is 7.59. The van der Waals surface area contributed by atoms with Crippen LogP contribution in [0.3, 0.4) is 0 Å². The van der Waals surface area contributed by atoms with Crippen LogP contribution in [0.25, 0.3) is 0 Å². The lowest BCUT2D eigenvalue weighted by Crippen LogP contribution is -2.81. The van der Waals surface area contributed by atoms with Crippen molar-refractivity contribution in [2.45, 2.75) is 31.3 Å². The highest BCUT2D eigenvalue weighted by molar-refractivity contribution is 6.17. The second-order valence-electron chi connectivity index (χ2n) is 8.62. The molecule has 2 heterocycles. The number of rotatable bonds is 2. The molecule has 0 spiro atoms. The Hall–Kier alpha value is -1.92. The number of ether oxygens (including phenoxy) is 1. The minimum atomic E-state index is -1.10. The molecule has 1 aliphatic carbocycles. The van der Waals surface area contributed by atoms with E-state index in [9.17, 15) is 9.59 Å². The summed E-state index contributed by atoms with van der Waals surface area (Å²) < 4.78 is 5.92. The molecule has 1 aromatic rings. The van der Waals surface area contributed by atoms with E-state index in [1.807, 2.05) is 43.0 Å². The van der Waals surface area contributed by atoms with Crippen molar-refractivity contribution < 1.29 is 14.3 Å². The van der Waals surface area contributed by atoms with Crippen molar-refractivity contribution in [2.75, 3.05) is 52.3 Å². The predicted octanol–water partition coefficient (Wildman–Crippen LogP) is 1.49. The van der Waals surface area contributed by atoms with Crippen molar-refractivity contribution in [2.24, 2.45) is 5.41 Å². The lowest BCUT2D eigenvalue weighted by molar-refractivity contribution is -0.223. The van der Waals surface area contributed by atoms with Gasteiger partial charge in [-0.1, -0.05) is 25.1 Å². The number of benzene rings is 1. The number of amides is 2. The molecule has 2 aliphatic heterocycles. The van der Waals surface area contributed by atoms with E-state index in [4.69, 9.17) is 4.74 Å². The zero-order valence-corrected chi connectivity index (χ0v) is 16.9. The van der Waals surface area contributed by atoms with Crippen LogP contribution in [0.1, 0.15) is 25.8 Å². The van der Waals surface area contributed by atoms with Gasteiger partial charge in [0.25, 0.3) is 0 Å². The van der Waals surface area contributed by atoms with Crippen molar-refractivity contribution in [3.8, 4) is 0 Å². The molecule has 6 nitrogen and oxygen atoms in total. The van der Waals surface area contributed by atoms with Gasteiger partial charge in [0.15, 0.2) is 0 Å². The van der Waals surface area contributed by atoms with Crippen LogP contribution in [0.15, 0.2) is 24.3 Å². The first-order valence-electron chi connectivity index (χ1n) is 9.64. The molecule has 146 valence electrons. The molecule has 4 rings (SSSR count). The van der Waals surface area contributed by atoms with Gasteiger partial charge in [-0.3, -0.25) is 9.59 Å². The summed E-state index contributed by atoms with van der Waals surface area (Å²) in [4.78, 5) is 33.2. The summed E-state index contributed by atoms with van der Waals surface area (Å²) in [6.07, 6.45) is 0.412. The molecule has 6 heteroatoms. The third kappa shape index (κ3) is 2.03. The summed E-state index contributed by atoms with van der Waals surface area (Å²) in [7, 11) is 5.52. The fourth-order valence-electron chi connectivity index (χ4n) is 5.53. The standard InChI is InChI=1S/C21H29N3O3/c1-19(27-5)14-21(18(26)24-12-10-22(3)11-13-24)17(25)23(4)16-9-7-6-8-15(16)20(19,21)2/h6-9H,10-14H2,1-5H3/t19-,20-,21-/m1/s1. The highest BCUT2D eigenvalue weighted by Crippen LogP contribution is 2.69. The summed E-state index contributed by atoms with van der Waals surface area (Å²) in [6, 6.07) is 7.91. The van der Waals surface area contributed by atoms with Gasteiger partial charge in [0.05, 0.1) is 5.60 Å². The maximum Gasteiger partial charge on any atom is 0.243 e. The highest BCUT2D eigenvalue weighted by atomic mass is 16.5. The van der Waals surface area contributed by atoms with Gasteiger partial charge in [-0.05, 0) is 25.6 Å². The maximum absolute atomic E-state index is 13.8. The Bertz CT molecular complexity index is 804. The van der Waals surface area contributed by atoms with Crippen molar-refractivity contribution in [3.63, 3.8) is 0 Å². The van der Waals surface area contributed by atoms with Gasteiger partial charge >= 0.3 is 0 Å². The van der Waals surface area contributed by atoms with E-state index >= 15 is 0 Å². The van der Waals surface area contributed by atoms with Crippen molar-refractivity contribution in [1.82, 2.24) is 9.80 Å². The Morgan fingerprint density at radius 1 is 1.07 bits per heavy atom. The number of nitrogens with zero attached hydrogens (tertiary/aromatic N) is 3. The van der Waals surface area contributed by atoms with Gasteiger partial charge in [0.2, 0.25) is 11.8 Å². The van der Waals surface area contributed by atoms with Crippen molar-refractivity contribution in [1.29, 1.82) is 0 Å². The maximum atomic E-state index is 13.8. The normalized spacial score (nSPS) is 36.1. The zero-order chi connectivity index (χ0) is 19.6. The molecule has 2 amide bonds. The van der Waals surface area contributed by atoms with Gasteiger partial charge in [-0.15, -0.1) is 0 Å². The van der Waals surface area contributed by atoms with Crippen molar-refractivity contribution in [3.05, 3.63) is 29.8 Å². The predicted molar refractivity (Wildman–Crippen MR) is 104 cm³/mol. The number of fused-ring (bicyclic) bond motifs is 3. The number of methoxy groups -OCH3 is 1. The molecule has 1 saturated carbocycles. The Kier molecular flexibility index (Phi) is 3.95. The summed E-state index contributed by atoms with van der Waals surface area (Å²) in [6.45, 7) is 7.06. The van der Waals surface area contributed by atoms with E-state index in [2.05, 4.69) is 11.9 Å². The summed E-state index contributed by atoms with van der Waals surface area (Å²) >= 11 is 0. The molecule has 2 fully saturated rings. The summed E-state index contributed by atoms with van der Waals surface area (Å²) in [5.41, 5.74) is -0.478. The van der Waals surface area contributed by atoms with E-state index in [0.717, 1.165) is 24.3 Å². The molecule has 0 radical (unpaired) electrons. The van der Waals surface area contributed by atoms with E-state index < -0.39 is 16.4 Å². The largest absolute Gasteiger partial charge is 0.377 e. The van der Waals surface area contributed by atoms with Crippen LogP contribution in [0.2, 0.25) is 0 Å². The molecule has 0 unspecified atom stereocenters. The summed E-state index contributed by atoms with van der Waals surface area (Å²) in [5, 5.41) is 0. The zero-order valence-electron chi connectivity index (χ0n) is 16.9. The van der Waals surface area contributed by atoms with Gasteiger partial charge in [-0.2, -0.15) is 0 Å². The number of piperazine rings is 1. The van der Waals surface area contributed by atoms with Crippen LogP contribution in [0, 0.1) is 5.41 Å². The number of para-hydroxylation sites is 1. The minimum absolute atomic E-state index is 0.0426. The first-order chi connectivity index (χ1) is 12.7. The second kappa shape index (κ2) is 5.79. The average Bonchev–Trinajstić information content (AvgIpc) is 2.69. The van der Waals surface area contributed by atoms with Crippen LogP contribution in [0.4, 0.5) is 5.69 Å². The first kappa shape index (κ1) is 18.4. The second-order valence-corrected chi connectivity index (χ2v) is 8.62. The first-order valence-corrected chi connectivity index (χ1v) is 9.64. The van der Waals surface area contributed by atoms with Crippen LogP contribution in [-0.2, 0) is 19.7 Å². The van der Waals surface area contributed by atoms with Crippen LogP contribution in [-0.4, -0.2) is 74.6 Å². The molecule has 0 bridgehead atoms. The number of carbonyl (C=O) groups is 2. The van der Waals surface area contributed by atoms with Gasteiger partial charge in [-0.25, -0.2) is 0 Å². The smallest absolute Gasteiger partial charge is 0.243 e. The topological polar surface area (TPSA) is 53.1 Å². The van der Waals surface area contributed by atoms with Gasteiger partial charge in [0.1, 0.15) is 5.41 Å². The van der Waals surface area contributed by atoms with E-state index in [1.165, 1.54) is 0 Å². The number of hydrogen-bond donors (Lipinski definition) is 0. The monoisotopic (exact) mass is 371 g/mol. The molecule has 0 N–H and O–H groups in total. The van der Waals surface area contributed by atoms with Gasteiger partial charge in [0, 0.05) is 57.9 Å². The fraction of sp³-hybridized carbons (Fsp3) is 0.619. The minimum Gasteiger partial charge on any atom is -0.377 e. The lowest BCUT2D eigenvalue weighted by Gasteiger charge is -2.69. The van der Waals surface area contributed by atoms with E-state index in [0.29, 0.717) is 19.5 Å². The van der Waals surface area contributed by atoms with E-state index in [1.54, 1.807) is 19.1 Å². The molecule has 3 atom stereocenters. The molecule has 27 heavy (non-hydrogen) atoms. The van der Waals surface area contributed by atoms with Crippen molar-refractivity contribution >= 4 is 17.5 Å². The number of carbonyl (C=O) groups excluding carboxylic acids is 2. The quantitative estimate of drug-likeness (QED) is 0.739. The Labute approximate surface area is 161 Å². The number of likely N-dealkylation sites (N-methyl/N-ethyl adjacent to an activating group) is 1. The Morgan fingerprint density at radius 2 is 1.70 bits per heavy atom. The van der Waals surface area contributed by atoms with Gasteiger partial charge < -0.3 is 19.4 Å². The van der Waals surface area contributed by atoms with Crippen LogP contribution < -0.4 is 4.90 Å². The summed E-state index contributed by atoms with van der Waals surface area (Å²) in [5.74, 6) is -0.152. The molecule has 1 aromatic carbocycles. The Morgan fingerprint density at radius 3 is 2.33 bits per heavy atom. The molecule has 1 saturated heterocycles.